The molecule has 0 unspecified atom stereocenters. The number of nitrogens with one attached hydrogen (secondary N) is 1. The van der Waals surface area contributed by atoms with Crippen molar-refractivity contribution in [1.82, 2.24) is 4.98 Å². The smallest absolute Gasteiger partial charge is 0.257 e. The topological polar surface area (TPSA) is 42.0 Å². The van der Waals surface area contributed by atoms with Crippen LogP contribution >= 0.6 is 0 Å². The number of amides is 1. The summed E-state index contributed by atoms with van der Waals surface area (Å²) in [5.41, 5.74) is 1.02. The Bertz CT molecular complexity index is 582. The molecule has 0 radical (unpaired) electrons. The van der Waals surface area contributed by atoms with E-state index in [1.807, 2.05) is 0 Å². The molecule has 1 amide bonds. The third kappa shape index (κ3) is 2.68. The summed E-state index contributed by atoms with van der Waals surface area (Å²) in [7, 11) is 0. The van der Waals surface area contributed by atoms with Gasteiger partial charge in [-0.1, -0.05) is 0 Å². The molecule has 1 aromatic heterocycles. The van der Waals surface area contributed by atoms with E-state index in [0.717, 1.165) is 11.8 Å². The van der Waals surface area contributed by atoms with Crippen molar-refractivity contribution in [3.63, 3.8) is 0 Å². The number of benzene rings is 1. The fraction of sp³-hybridized carbons (Fsp3) is 0.0769. The summed E-state index contributed by atoms with van der Waals surface area (Å²) in [6, 6.07) is 6.22. The van der Waals surface area contributed by atoms with Crippen molar-refractivity contribution in [2.24, 2.45) is 0 Å². The zero-order valence-corrected chi connectivity index (χ0v) is 9.58. The van der Waals surface area contributed by atoms with Gasteiger partial charge in [0, 0.05) is 18.0 Å². The van der Waals surface area contributed by atoms with Crippen molar-refractivity contribution in [2.45, 2.75) is 6.92 Å². The molecular weight excluding hydrogens is 238 g/mol. The first-order valence-corrected chi connectivity index (χ1v) is 5.25. The van der Waals surface area contributed by atoms with Crippen LogP contribution in [0.25, 0.3) is 0 Å². The van der Waals surface area contributed by atoms with Crippen molar-refractivity contribution >= 4 is 11.6 Å². The lowest BCUT2D eigenvalue weighted by Crippen LogP contribution is -2.13. The van der Waals surface area contributed by atoms with E-state index in [0.29, 0.717) is 11.6 Å². The number of aryl methyl sites for hydroxylation is 1. The van der Waals surface area contributed by atoms with Gasteiger partial charge in [0.1, 0.15) is 11.6 Å². The van der Waals surface area contributed by atoms with Crippen molar-refractivity contribution in [2.75, 3.05) is 5.32 Å². The summed E-state index contributed by atoms with van der Waals surface area (Å²) in [5, 5.41) is 2.35. The van der Waals surface area contributed by atoms with Crippen LogP contribution in [-0.2, 0) is 0 Å². The van der Waals surface area contributed by atoms with Gasteiger partial charge in [0.2, 0.25) is 0 Å². The maximum Gasteiger partial charge on any atom is 0.257 e. The largest absolute Gasteiger partial charge is 0.319 e. The lowest BCUT2D eigenvalue weighted by Gasteiger charge is -2.06. The predicted octanol–water partition coefficient (Wildman–Crippen LogP) is 2.92. The standard InChI is InChI=1S/C13H10F2N2O/c1-8-2-3-9(7-16-8)13(18)17-12-5-4-10(14)6-11(12)15/h2-7H,1H3,(H,17,18). The van der Waals surface area contributed by atoms with Crippen molar-refractivity contribution in [3.8, 4) is 0 Å². The van der Waals surface area contributed by atoms with Crippen LogP contribution in [0.1, 0.15) is 16.1 Å². The molecule has 0 spiro atoms. The predicted molar refractivity (Wildman–Crippen MR) is 63.3 cm³/mol. The first-order chi connectivity index (χ1) is 8.56. The quantitative estimate of drug-likeness (QED) is 0.887. The third-order valence-corrected chi connectivity index (χ3v) is 2.35. The van der Waals surface area contributed by atoms with Gasteiger partial charge in [-0.3, -0.25) is 9.78 Å². The van der Waals surface area contributed by atoms with Crippen LogP contribution in [0.4, 0.5) is 14.5 Å². The monoisotopic (exact) mass is 248 g/mol. The van der Waals surface area contributed by atoms with E-state index < -0.39 is 17.5 Å². The molecule has 18 heavy (non-hydrogen) atoms. The maximum atomic E-state index is 13.3. The third-order valence-electron chi connectivity index (χ3n) is 2.35. The zero-order valence-electron chi connectivity index (χ0n) is 9.58. The minimum Gasteiger partial charge on any atom is -0.319 e. The van der Waals surface area contributed by atoms with Gasteiger partial charge in [0.05, 0.1) is 11.3 Å². The summed E-state index contributed by atoms with van der Waals surface area (Å²) in [6.07, 6.45) is 1.39. The van der Waals surface area contributed by atoms with Gasteiger partial charge >= 0.3 is 0 Å². The van der Waals surface area contributed by atoms with E-state index in [2.05, 4.69) is 10.3 Å². The highest BCUT2D eigenvalue weighted by Gasteiger charge is 2.10. The fourth-order valence-corrected chi connectivity index (χ4v) is 1.39. The van der Waals surface area contributed by atoms with Crippen LogP contribution in [0.15, 0.2) is 36.5 Å². The van der Waals surface area contributed by atoms with Crippen LogP contribution in [0.3, 0.4) is 0 Å². The van der Waals surface area contributed by atoms with Gasteiger partial charge < -0.3 is 5.32 Å². The molecule has 92 valence electrons. The van der Waals surface area contributed by atoms with Crippen molar-refractivity contribution in [3.05, 3.63) is 59.4 Å². The first kappa shape index (κ1) is 12.2. The second-order valence-electron chi connectivity index (χ2n) is 3.77. The molecular formula is C13H10F2N2O. The Morgan fingerprint density at radius 1 is 1.22 bits per heavy atom. The lowest BCUT2D eigenvalue weighted by molar-refractivity contribution is 0.102. The minimum absolute atomic E-state index is 0.0676. The molecule has 1 N–H and O–H groups in total. The summed E-state index contributed by atoms with van der Waals surface area (Å²) < 4.78 is 26.0. The van der Waals surface area contributed by atoms with E-state index in [1.165, 1.54) is 12.3 Å². The van der Waals surface area contributed by atoms with Crippen LogP contribution in [0, 0.1) is 18.6 Å². The molecule has 0 aliphatic carbocycles. The van der Waals surface area contributed by atoms with Crippen molar-refractivity contribution < 1.29 is 13.6 Å². The number of hydrogen-bond acceptors (Lipinski definition) is 2. The molecule has 1 aromatic carbocycles. The number of nitrogens with zero attached hydrogens (tertiary/aromatic N) is 1. The Hall–Kier alpha value is -2.30. The molecule has 0 aliphatic heterocycles. The number of pyridine rings is 1. The van der Waals surface area contributed by atoms with E-state index in [4.69, 9.17) is 0 Å². The lowest BCUT2D eigenvalue weighted by atomic mass is 10.2. The molecule has 0 saturated heterocycles. The average Bonchev–Trinajstić information content (AvgIpc) is 2.33. The molecule has 5 heteroatoms. The minimum atomic E-state index is -0.816. The summed E-state index contributed by atoms with van der Waals surface area (Å²) in [4.78, 5) is 15.7. The number of aromatic nitrogens is 1. The van der Waals surface area contributed by atoms with Gasteiger partial charge in [-0.25, -0.2) is 8.78 Å². The number of carbonyl (C=O) groups excluding carboxylic acids is 1. The van der Waals surface area contributed by atoms with Gasteiger partial charge in [0.15, 0.2) is 0 Å². The average molecular weight is 248 g/mol. The van der Waals surface area contributed by atoms with Gasteiger partial charge in [-0.05, 0) is 31.2 Å². The SMILES string of the molecule is Cc1ccc(C(=O)Nc2ccc(F)cc2F)cn1. The maximum absolute atomic E-state index is 13.3. The highest BCUT2D eigenvalue weighted by atomic mass is 19.1. The Labute approximate surface area is 102 Å². The number of halogens is 2. The molecule has 0 atom stereocenters. The molecule has 0 saturated carbocycles. The highest BCUT2D eigenvalue weighted by Crippen LogP contribution is 2.15. The van der Waals surface area contributed by atoms with E-state index in [9.17, 15) is 13.6 Å². The van der Waals surface area contributed by atoms with Crippen LogP contribution < -0.4 is 5.32 Å². The number of carbonyl (C=O) groups is 1. The molecule has 1 heterocycles. The zero-order chi connectivity index (χ0) is 13.1. The highest BCUT2D eigenvalue weighted by molar-refractivity contribution is 6.04. The number of anilines is 1. The summed E-state index contributed by atoms with van der Waals surface area (Å²) >= 11 is 0. The number of hydrogen-bond donors (Lipinski definition) is 1. The van der Waals surface area contributed by atoms with Crippen LogP contribution in [-0.4, -0.2) is 10.9 Å². The Balaban J connectivity index is 2.18. The number of rotatable bonds is 2. The Morgan fingerprint density at radius 2 is 2.00 bits per heavy atom. The second-order valence-corrected chi connectivity index (χ2v) is 3.77. The van der Waals surface area contributed by atoms with Gasteiger partial charge in [0.25, 0.3) is 5.91 Å². The Kier molecular flexibility index (Phi) is 3.32. The molecule has 2 aromatic rings. The van der Waals surface area contributed by atoms with Gasteiger partial charge in [-0.15, -0.1) is 0 Å². The molecule has 2 rings (SSSR count). The normalized spacial score (nSPS) is 10.2. The van der Waals surface area contributed by atoms with Crippen LogP contribution in [0.2, 0.25) is 0 Å². The molecule has 3 nitrogen and oxygen atoms in total. The molecule has 0 bridgehead atoms. The van der Waals surface area contributed by atoms with Crippen LogP contribution in [0.5, 0.6) is 0 Å². The van der Waals surface area contributed by atoms with E-state index >= 15 is 0 Å². The first-order valence-electron chi connectivity index (χ1n) is 5.25. The summed E-state index contributed by atoms with van der Waals surface area (Å²) in [6.45, 7) is 1.79. The fourth-order valence-electron chi connectivity index (χ4n) is 1.39. The van der Waals surface area contributed by atoms with E-state index in [-0.39, 0.29) is 5.69 Å². The second kappa shape index (κ2) is 4.91. The van der Waals surface area contributed by atoms with E-state index in [1.54, 1.807) is 19.1 Å². The molecule has 0 aliphatic rings. The van der Waals surface area contributed by atoms with Crippen molar-refractivity contribution in [1.29, 1.82) is 0 Å². The Morgan fingerprint density at radius 3 is 2.61 bits per heavy atom. The molecule has 0 fully saturated rings. The summed E-state index contributed by atoms with van der Waals surface area (Å²) in [5.74, 6) is -2.00. The van der Waals surface area contributed by atoms with Gasteiger partial charge in [-0.2, -0.15) is 0 Å².